The van der Waals surface area contributed by atoms with Crippen molar-refractivity contribution in [1.82, 2.24) is 0 Å². The fourth-order valence-corrected chi connectivity index (χ4v) is 11.8. The van der Waals surface area contributed by atoms with Gasteiger partial charge in [0.25, 0.3) is 0 Å². The summed E-state index contributed by atoms with van der Waals surface area (Å²) in [6, 6.07) is 93.5. The lowest BCUT2D eigenvalue weighted by Gasteiger charge is -2.43. The first-order valence-corrected chi connectivity index (χ1v) is 26.1. The molecule has 12 rings (SSSR count). The van der Waals surface area contributed by atoms with Gasteiger partial charge in [-0.3, -0.25) is 0 Å². The number of allylic oxidation sites excluding steroid dienone is 2. The summed E-state index contributed by atoms with van der Waals surface area (Å²) in [6.07, 6.45) is 11.0. The smallest absolute Gasteiger partial charge is 0.0592 e. The molecule has 0 bridgehead atoms. The molecule has 0 aromatic heterocycles. The van der Waals surface area contributed by atoms with Crippen LogP contribution in [0.2, 0.25) is 0 Å². The number of benzene rings is 10. The molecule has 0 amide bonds. The van der Waals surface area contributed by atoms with Crippen LogP contribution < -0.4 is 14.7 Å². The fourth-order valence-electron chi connectivity index (χ4n) is 11.8. The standard InChI is InChI=1S/C71H59N3/c1-51-49-67(73(58-33-17-7-18-34-58)61-43-41-55(42-44-61)71(53-25-9-3-10-26-53)54-27-11-4-12-28-54)63-37-21-23-39-65(63)69(51)70-52(2)50-68(64-38-22-24-40-66(64)70)74(59-35-19-8-20-36-59)62-47-45-60(46-48-62)72(56-29-13-5-14-30-56)57-31-15-6-16-32-57/h3-33,35-48,50,58,67,71H,34,49H2,1-2H3. The molecule has 2 unspecified atom stereocenters. The Kier molecular flexibility index (Phi) is 12.9. The van der Waals surface area contributed by atoms with E-state index < -0.39 is 0 Å². The van der Waals surface area contributed by atoms with E-state index in [2.05, 4.69) is 308 Å². The average molecular weight is 954 g/mol. The molecule has 2 aliphatic carbocycles. The number of para-hydroxylation sites is 3. The Morgan fingerprint density at radius 3 is 1.45 bits per heavy atom. The van der Waals surface area contributed by atoms with Crippen molar-refractivity contribution >= 4 is 56.2 Å². The van der Waals surface area contributed by atoms with E-state index in [4.69, 9.17) is 0 Å². The number of rotatable bonds is 13. The van der Waals surface area contributed by atoms with Crippen LogP contribution in [0.5, 0.6) is 0 Å². The van der Waals surface area contributed by atoms with Gasteiger partial charge in [0.05, 0.1) is 17.8 Å². The minimum Gasteiger partial charge on any atom is -0.357 e. The molecule has 0 spiro atoms. The van der Waals surface area contributed by atoms with Gasteiger partial charge in [-0.05, 0) is 155 Å². The first-order chi connectivity index (χ1) is 36.6. The van der Waals surface area contributed by atoms with Crippen LogP contribution in [-0.2, 0) is 0 Å². The second kappa shape index (κ2) is 20.7. The fraction of sp³-hybridized carbons (Fsp3) is 0.0986. The van der Waals surface area contributed by atoms with Crippen LogP contribution in [0.15, 0.2) is 285 Å². The Bertz CT molecular complexity index is 3540. The highest BCUT2D eigenvalue weighted by molar-refractivity contribution is 6.08. The van der Waals surface area contributed by atoms with Crippen LogP contribution in [0.4, 0.5) is 39.8 Å². The molecular weight excluding hydrogens is 895 g/mol. The van der Waals surface area contributed by atoms with Gasteiger partial charge in [0.15, 0.2) is 0 Å². The summed E-state index contributed by atoms with van der Waals surface area (Å²) in [6.45, 7) is 4.70. The SMILES string of the molecule is CC1=C(c2c(C)cc(N(c3ccccc3)c3ccc(N(c4ccccc4)c4ccccc4)cc3)c3ccccc23)c2ccccc2C(N(c2ccc(C(c3ccccc3)c3ccccc3)cc2)C2C=CC=CC2)C1. The summed E-state index contributed by atoms with van der Waals surface area (Å²) in [5.74, 6) is 0.140. The maximum absolute atomic E-state index is 2.71. The van der Waals surface area contributed by atoms with Crippen molar-refractivity contribution in [2.45, 2.75) is 44.7 Å². The maximum Gasteiger partial charge on any atom is 0.0592 e. The van der Waals surface area contributed by atoms with Gasteiger partial charge < -0.3 is 14.7 Å². The Morgan fingerprint density at radius 1 is 0.419 bits per heavy atom. The van der Waals surface area contributed by atoms with Gasteiger partial charge in [-0.25, -0.2) is 0 Å². The van der Waals surface area contributed by atoms with E-state index in [1.165, 1.54) is 66.6 Å². The zero-order valence-corrected chi connectivity index (χ0v) is 42.0. The lowest BCUT2D eigenvalue weighted by molar-refractivity contribution is 0.556. The molecule has 10 aromatic rings. The normalized spacial score (nSPS) is 15.0. The van der Waals surface area contributed by atoms with Gasteiger partial charge in [-0.2, -0.15) is 0 Å². The summed E-state index contributed by atoms with van der Waals surface area (Å²) in [4.78, 5) is 7.46. The average Bonchev–Trinajstić information content (AvgIpc) is 3.47. The molecule has 0 saturated carbocycles. The molecule has 10 aromatic carbocycles. The quantitative estimate of drug-likeness (QED) is 0.107. The monoisotopic (exact) mass is 953 g/mol. The minimum absolute atomic E-state index is 0.128. The van der Waals surface area contributed by atoms with E-state index in [0.717, 1.165) is 47.0 Å². The maximum atomic E-state index is 2.71. The Balaban J connectivity index is 0.943. The van der Waals surface area contributed by atoms with Crippen molar-refractivity contribution in [3.05, 3.63) is 324 Å². The highest BCUT2D eigenvalue weighted by atomic mass is 15.2. The van der Waals surface area contributed by atoms with Crippen molar-refractivity contribution in [1.29, 1.82) is 0 Å². The summed E-state index contributed by atoms with van der Waals surface area (Å²) < 4.78 is 0. The summed E-state index contributed by atoms with van der Waals surface area (Å²) >= 11 is 0. The second-order valence-electron chi connectivity index (χ2n) is 19.7. The molecule has 2 aliphatic rings. The number of fused-ring (bicyclic) bond motifs is 2. The molecule has 0 aliphatic heterocycles. The van der Waals surface area contributed by atoms with Crippen LogP contribution in [0.25, 0.3) is 16.3 Å². The van der Waals surface area contributed by atoms with Gasteiger partial charge in [0.2, 0.25) is 0 Å². The largest absolute Gasteiger partial charge is 0.357 e. The molecule has 2 atom stereocenters. The van der Waals surface area contributed by atoms with Crippen LogP contribution >= 0.6 is 0 Å². The molecule has 0 fully saturated rings. The molecule has 358 valence electrons. The van der Waals surface area contributed by atoms with Gasteiger partial charge in [-0.15, -0.1) is 0 Å². The van der Waals surface area contributed by atoms with Crippen molar-refractivity contribution in [3.8, 4) is 0 Å². The highest BCUT2D eigenvalue weighted by Gasteiger charge is 2.35. The summed E-state index contributed by atoms with van der Waals surface area (Å²) in [5, 5.41) is 2.46. The van der Waals surface area contributed by atoms with E-state index >= 15 is 0 Å². The summed E-state index contributed by atoms with van der Waals surface area (Å²) in [5.41, 5.74) is 19.8. The zero-order valence-electron chi connectivity index (χ0n) is 42.0. The van der Waals surface area contributed by atoms with E-state index in [1.807, 2.05) is 0 Å². The molecule has 0 radical (unpaired) electrons. The molecule has 0 heterocycles. The van der Waals surface area contributed by atoms with Crippen molar-refractivity contribution < 1.29 is 0 Å². The third-order valence-electron chi connectivity index (χ3n) is 15.1. The Hall–Kier alpha value is -8.92. The zero-order chi connectivity index (χ0) is 49.8. The molecule has 3 nitrogen and oxygen atoms in total. The van der Waals surface area contributed by atoms with Gasteiger partial charge in [-0.1, -0.05) is 206 Å². The second-order valence-corrected chi connectivity index (χ2v) is 19.7. The lowest BCUT2D eigenvalue weighted by atomic mass is 9.76. The van der Waals surface area contributed by atoms with Gasteiger partial charge >= 0.3 is 0 Å². The predicted molar refractivity (Wildman–Crippen MR) is 313 cm³/mol. The van der Waals surface area contributed by atoms with Gasteiger partial charge in [0, 0.05) is 45.4 Å². The number of nitrogens with zero attached hydrogens (tertiary/aromatic N) is 3. The van der Waals surface area contributed by atoms with Crippen LogP contribution in [0, 0.1) is 6.92 Å². The van der Waals surface area contributed by atoms with Crippen molar-refractivity contribution in [3.63, 3.8) is 0 Å². The topological polar surface area (TPSA) is 9.72 Å². The Labute approximate surface area is 437 Å². The van der Waals surface area contributed by atoms with Gasteiger partial charge in [0.1, 0.15) is 0 Å². The molecule has 74 heavy (non-hydrogen) atoms. The van der Waals surface area contributed by atoms with Crippen LogP contribution in [-0.4, -0.2) is 6.04 Å². The lowest BCUT2D eigenvalue weighted by Crippen LogP contribution is -2.39. The first kappa shape index (κ1) is 46.2. The third kappa shape index (κ3) is 8.92. The molecular formula is C71H59N3. The summed E-state index contributed by atoms with van der Waals surface area (Å²) in [7, 11) is 0. The third-order valence-corrected chi connectivity index (χ3v) is 15.1. The highest BCUT2D eigenvalue weighted by Crippen LogP contribution is 2.50. The first-order valence-electron chi connectivity index (χ1n) is 26.1. The number of anilines is 7. The molecule has 0 saturated heterocycles. The number of hydrogen-bond donors (Lipinski definition) is 0. The van der Waals surface area contributed by atoms with E-state index in [-0.39, 0.29) is 18.0 Å². The van der Waals surface area contributed by atoms with Crippen LogP contribution in [0.1, 0.15) is 70.7 Å². The number of hydrogen-bond acceptors (Lipinski definition) is 3. The van der Waals surface area contributed by atoms with Crippen LogP contribution in [0.3, 0.4) is 0 Å². The van der Waals surface area contributed by atoms with E-state index in [1.54, 1.807) is 0 Å². The van der Waals surface area contributed by atoms with E-state index in [9.17, 15) is 0 Å². The molecule has 0 N–H and O–H groups in total. The molecule has 3 heteroatoms. The minimum atomic E-state index is 0.128. The number of aryl methyl sites for hydroxylation is 1. The predicted octanol–water partition coefficient (Wildman–Crippen LogP) is 18.9. The van der Waals surface area contributed by atoms with Crippen molar-refractivity contribution in [2.24, 2.45) is 0 Å². The Morgan fingerprint density at radius 2 is 0.878 bits per heavy atom. The van der Waals surface area contributed by atoms with Crippen molar-refractivity contribution in [2.75, 3.05) is 14.7 Å². The van der Waals surface area contributed by atoms with E-state index in [0.29, 0.717) is 0 Å².